The van der Waals surface area contributed by atoms with Crippen LogP contribution in [0.2, 0.25) is 0 Å². The first-order valence-corrected chi connectivity index (χ1v) is 11.0. The van der Waals surface area contributed by atoms with Crippen LogP contribution >= 0.6 is 0 Å². The molecule has 1 saturated heterocycles. The Morgan fingerprint density at radius 1 is 1.06 bits per heavy atom. The molecule has 0 aliphatic carbocycles. The average molecular weight is 490 g/mol. The van der Waals surface area contributed by atoms with Crippen molar-refractivity contribution < 1.29 is 38.2 Å². The molecule has 2 N–H and O–H groups in total. The minimum atomic E-state index is -1.01. The third-order valence-corrected chi connectivity index (χ3v) is 5.25. The number of ether oxygens (including phenoxy) is 2. The van der Waals surface area contributed by atoms with E-state index in [1.54, 1.807) is 49.4 Å². The van der Waals surface area contributed by atoms with Crippen molar-refractivity contribution in [3.8, 4) is 11.5 Å². The maximum absolute atomic E-state index is 12.9. The number of hydrogen-bond acceptors (Lipinski definition) is 7. The van der Waals surface area contributed by atoms with E-state index < -0.39 is 23.8 Å². The Morgan fingerprint density at radius 3 is 2.50 bits per heavy atom. The zero-order chi connectivity index (χ0) is 25.7. The van der Waals surface area contributed by atoms with Gasteiger partial charge in [0.05, 0.1) is 25.0 Å². The van der Waals surface area contributed by atoms with Crippen molar-refractivity contribution in [1.82, 2.24) is 10.2 Å². The highest BCUT2D eigenvalue weighted by Gasteiger charge is 2.36. The van der Waals surface area contributed by atoms with Gasteiger partial charge in [-0.05, 0) is 60.5 Å². The first-order chi connectivity index (χ1) is 17.4. The summed E-state index contributed by atoms with van der Waals surface area (Å²) in [5.41, 5.74) is 1.22. The van der Waals surface area contributed by atoms with Gasteiger partial charge < -0.3 is 19.0 Å². The molecule has 0 atom stereocenters. The molecule has 4 amide bonds. The first-order valence-electron chi connectivity index (χ1n) is 11.0. The number of hydrogen-bond donors (Lipinski definition) is 2. The van der Waals surface area contributed by atoms with Crippen LogP contribution in [0.25, 0.3) is 6.08 Å². The van der Waals surface area contributed by atoms with Gasteiger partial charge in [-0.3, -0.25) is 19.8 Å². The summed E-state index contributed by atoms with van der Waals surface area (Å²) >= 11 is 0. The first kappa shape index (κ1) is 24.3. The molecule has 0 unspecified atom stereocenters. The lowest BCUT2D eigenvalue weighted by atomic mass is 10.1. The number of nitrogens with zero attached hydrogens (tertiary/aromatic N) is 1. The molecule has 10 heteroatoms. The number of furan rings is 1. The van der Waals surface area contributed by atoms with Crippen LogP contribution in [0.1, 0.15) is 34.2 Å². The largest absolute Gasteiger partial charge is 0.490 e. The Morgan fingerprint density at radius 2 is 1.83 bits per heavy atom. The van der Waals surface area contributed by atoms with Crippen LogP contribution in [-0.2, 0) is 22.7 Å². The standard InChI is InChI=1S/C26H22N2O8/c1-2-34-22-13-17(7-10-21(22)36-15-16-5-8-18(9-6-16)25(31)32)12-20-23(29)27-26(33)28(24(20)30)14-19-4-3-11-35-19/h3-13H,2,14-15H2,1H3,(H,31,32)(H,27,29,33). The highest BCUT2D eigenvalue weighted by atomic mass is 16.5. The summed E-state index contributed by atoms with van der Waals surface area (Å²) in [6, 6.07) is 13.6. The van der Waals surface area contributed by atoms with Crippen LogP contribution in [0.15, 0.2) is 70.9 Å². The number of amides is 4. The fourth-order valence-corrected chi connectivity index (χ4v) is 3.47. The number of barbiturate groups is 1. The number of urea groups is 1. The summed E-state index contributed by atoms with van der Waals surface area (Å²) in [5.74, 6) is -1.35. The smallest absolute Gasteiger partial charge is 0.335 e. The van der Waals surface area contributed by atoms with Crippen molar-refractivity contribution in [3.63, 3.8) is 0 Å². The fraction of sp³-hybridized carbons (Fsp3) is 0.154. The van der Waals surface area contributed by atoms with Crippen molar-refractivity contribution in [3.05, 3.63) is 88.9 Å². The predicted octanol–water partition coefficient (Wildman–Crippen LogP) is 3.62. The van der Waals surface area contributed by atoms with E-state index in [0.29, 0.717) is 29.4 Å². The van der Waals surface area contributed by atoms with Crippen LogP contribution in [0, 0.1) is 0 Å². The summed E-state index contributed by atoms with van der Waals surface area (Å²) in [7, 11) is 0. The molecule has 36 heavy (non-hydrogen) atoms. The number of carbonyl (C=O) groups is 4. The van der Waals surface area contributed by atoms with Crippen molar-refractivity contribution in [2.24, 2.45) is 0 Å². The molecule has 0 bridgehead atoms. The second-order valence-corrected chi connectivity index (χ2v) is 7.72. The summed E-state index contributed by atoms with van der Waals surface area (Å²) in [6.45, 7) is 2.20. The van der Waals surface area contributed by atoms with Crippen LogP contribution in [0.5, 0.6) is 11.5 Å². The van der Waals surface area contributed by atoms with Gasteiger partial charge in [0.1, 0.15) is 17.9 Å². The number of carbonyl (C=O) groups excluding carboxylic acids is 3. The summed E-state index contributed by atoms with van der Waals surface area (Å²) < 4.78 is 16.7. The van der Waals surface area contributed by atoms with E-state index in [-0.39, 0.29) is 24.3 Å². The maximum atomic E-state index is 12.9. The highest BCUT2D eigenvalue weighted by Crippen LogP contribution is 2.30. The van der Waals surface area contributed by atoms with E-state index in [0.717, 1.165) is 10.5 Å². The number of rotatable bonds is 9. The van der Waals surface area contributed by atoms with E-state index in [4.69, 9.17) is 19.0 Å². The molecule has 0 radical (unpaired) electrons. The summed E-state index contributed by atoms with van der Waals surface area (Å²) in [4.78, 5) is 49.4. The zero-order valence-electron chi connectivity index (χ0n) is 19.2. The molecular formula is C26H22N2O8. The topological polar surface area (TPSA) is 135 Å². The molecule has 0 saturated carbocycles. The van der Waals surface area contributed by atoms with E-state index in [1.807, 2.05) is 0 Å². The third kappa shape index (κ3) is 5.44. The highest BCUT2D eigenvalue weighted by molar-refractivity contribution is 6.30. The molecule has 10 nitrogen and oxygen atoms in total. The Kier molecular flexibility index (Phi) is 7.15. The second-order valence-electron chi connectivity index (χ2n) is 7.72. The summed E-state index contributed by atoms with van der Waals surface area (Å²) in [6.07, 6.45) is 2.80. The lowest BCUT2D eigenvalue weighted by Crippen LogP contribution is -2.53. The molecular weight excluding hydrogens is 468 g/mol. The van der Waals surface area contributed by atoms with Crippen molar-refractivity contribution in [2.45, 2.75) is 20.1 Å². The van der Waals surface area contributed by atoms with Gasteiger partial charge in [-0.15, -0.1) is 0 Å². The lowest BCUT2D eigenvalue weighted by Gasteiger charge is -2.25. The Hall–Kier alpha value is -4.86. The van der Waals surface area contributed by atoms with Gasteiger partial charge in [0.15, 0.2) is 11.5 Å². The monoisotopic (exact) mass is 490 g/mol. The number of carboxylic acids is 1. The van der Waals surface area contributed by atoms with Crippen LogP contribution in [0.4, 0.5) is 4.79 Å². The number of aromatic carboxylic acids is 1. The van der Waals surface area contributed by atoms with Gasteiger partial charge in [0, 0.05) is 0 Å². The zero-order valence-corrected chi connectivity index (χ0v) is 19.2. The second kappa shape index (κ2) is 10.6. The van der Waals surface area contributed by atoms with Gasteiger partial charge in [0.2, 0.25) is 0 Å². The minimum Gasteiger partial charge on any atom is -0.490 e. The van der Waals surface area contributed by atoms with E-state index >= 15 is 0 Å². The maximum Gasteiger partial charge on any atom is 0.335 e. The average Bonchev–Trinajstić information content (AvgIpc) is 3.38. The lowest BCUT2D eigenvalue weighted by molar-refractivity contribution is -0.130. The third-order valence-electron chi connectivity index (χ3n) is 5.25. The molecule has 4 rings (SSSR count). The minimum absolute atomic E-state index is 0.118. The summed E-state index contributed by atoms with van der Waals surface area (Å²) in [5, 5.41) is 11.2. The predicted molar refractivity (Wildman–Crippen MR) is 126 cm³/mol. The molecule has 1 aromatic heterocycles. The van der Waals surface area contributed by atoms with Crippen LogP contribution < -0.4 is 14.8 Å². The number of nitrogens with one attached hydrogen (secondary N) is 1. The van der Waals surface area contributed by atoms with Gasteiger partial charge in [0.25, 0.3) is 11.8 Å². The van der Waals surface area contributed by atoms with Gasteiger partial charge in [-0.1, -0.05) is 18.2 Å². The van der Waals surface area contributed by atoms with Crippen LogP contribution in [0.3, 0.4) is 0 Å². The van der Waals surface area contributed by atoms with Crippen molar-refractivity contribution in [1.29, 1.82) is 0 Å². The van der Waals surface area contributed by atoms with Crippen molar-refractivity contribution >= 4 is 29.9 Å². The van der Waals surface area contributed by atoms with Crippen LogP contribution in [-0.4, -0.2) is 40.4 Å². The van der Waals surface area contributed by atoms with Crippen molar-refractivity contribution in [2.75, 3.05) is 6.61 Å². The van der Waals surface area contributed by atoms with Gasteiger partial charge in [-0.2, -0.15) is 0 Å². The molecule has 1 fully saturated rings. The molecule has 184 valence electrons. The Labute approximate surface area is 205 Å². The molecule has 2 heterocycles. The molecule has 1 aliphatic rings. The molecule has 0 spiro atoms. The number of carboxylic acid groups (broad SMARTS) is 1. The van der Waals surface area contributed by atoms with Gasteiger partial charge >= 0.3 is 12.0 Å². The van der Waals surface area contributed by atoms with E-state index in [9.17, 15) is 19.2 Å². The number of imide groups is 2. The number of benzene rings is 2. The normalized spacial score (nSPS) is 14.6. The molecule has 1 aliphatic heterocycles. The quantitative estimate of drug-likeness (QED) is 0.343. The SMILES string of the molecule is CCOc1cc(C=C2C(=O)NC(=O)N(Cc3ccco3)C2=O)ccc1OCc1ccc(C(=O)O)cc1. The molecule has 3 aromatic rings. The Bertz CT molecular complexity index is 1330. The van der Waals surface area contributed by atoms with E-state index in [2.05, 4.69) is 5.32 Å². The Balaban J connectivity index is 1.54. The van der Waals surface area contributed by atoms with Gasteiger partial charge in [-0.25, -0.2) is 9.59 Å². The fourth-order valence-electron chi connectivity index (χ4n) is 3.47. The van der Waals surface area contributed by atoms with E-state index in [1.165, 1.54) is 24.5 Å². The molecule has 2 aromatic carbocycles.